The number of nitrogens with one attached hydrogen (secondary N) is 1. The Balaban J connectivity index is 1.61. The van der Waals surface area contributed by atoms with E-state index in [1.807, 2.05) is 23.6 Å². The zero-order valence-electron chi connectivity index (χ0n) is 13.5. The predicted molar refractivity (Wildman–Crippen MR) is 101 cm³/mol. The molecule has 0 spiro atoms. The first kappa shape index (κ1) is 17.9. The Kier molecular flexibility index (Phi) is 5.51. The predicted octanol–water partition coefficient (Wildman–Crippen LogP) is 3.68. The first-order valence-corrected chi connectivity index (χ1v) is 9.36. The fourth-order valence-electron chi connectivity index (χ4n) is 2.31. The van der Waals surface area contributed by atoms with Gasteiger partial charge in [0.25, 0.3) is 11.1 Å². The van der Waals surface area contributed by atoms with Crippen molar-refractivity contribution in [3.63, 3.8) is 0 Å². The van der Waals surface area contributed by atoms with E-state index in [1.165, 1.54) is 11.3 Å². The summed E-state index contributed by atoms with van der Waals surface area (Å²) in [6.07, 6.45) is 1.64. The van der Waals surface area contributed by atoms with Crippen LogP contribution in [0.15, 0.2) is 46.7 Å². The van der Waals surface area contributed by atoms with Crippen LogP contribution in [0.25, 0.3) is 6.08 Å². The topological polar surface area (TPSA) is 90.3 Å². The third-order valence-corrected chi connectivity index (χ3v) is 5.30. The average Bonchev–Trinajstić information content (AvgIpc) is 3.23. The van der Waals surface area contributed by atoms with Crippen LogP contribution in [0.3, 0.4) is 0 Å². The highest BCUT2D eigenvalue weighted by atomic mass is 32.2. The number of thiophene rings is 1. The second-order valence-corrected chi connectivity index (χ2v) is 7.28. The van der Waals surface area contributed by atoms with Gasteiger partial charge in [0, 0.05) is 17.8 Å². The smallest absolute Gasteiger partial charge is 0.293 e. The quantitative estimate of drug-likeness (QED) is 0.796. The lowest BCUT2D eigenvalue weighted by Gasteiger charge is -2.12. The third-order valence-electron chi connectivity index (χ3n) is 3.57. The number of rotatable bonds is 5. The van der Waals surface area contributed by atoms with E-state index in [1.54, 1.807) is 30.3 Å². The van der Waals surface area contributed by atoms with Crippen molar-refractivity contribution in [1.29, 1.82) is 5.26 Å². The zero-order chi connectivity index (χ0) is 18.5. The molecule has 1 aromatic carbocycles. The molecule has 130 valence electrons. The number of nitriles is 1. The number of hydrogen-bond acceptors (Lipinski definition) is 6. The van der Waals surface area contributed by atoms with Crippen molar-refractivity contribution in [1.82, 2.24) is 4.90 Å². The lowest BCUT2D eigenvalue weighted by molar-refractivity contribution is -0.123. The van der Waals surface area contributed by atoms with E-state index in [2.05, 4.69) is 5.32 Å². The highest BCUT2D eigenvalue weighted by Crippen LogP contribution is 2.33. The van der Waals surface area contributed by atoms with E-state index in [0.717, 1.165) is 21.5 Å². The summed E-state index contributed by atoms with van der Waals surface area (Å²) in [7, 11) is 0. The van der Waals surface area contributed by atoms with E-state index in [4.69, 9.17) is 5.26 Å². The van der Waals surface area contributed by atoms with Gasteiger partial charge < -0.3 is 5.32 Å². The Morgan fingerprint density at radius 2 is 2.04 bits per heavy atom. The van der Waals surface area contributed by atoms with Crippen LogP contribution in [0.5, 0.6) is 0 Å². The van der Waals surface area contributed by atoms with Crippen molar-refractivity contribution in [3.05, 3.63) is 57.1 Å². The van der Waals surface area contributed by atoms with E-state index >= 15 is 0 Å². The summed E-state index contributed by atoms with van der Waals surface area (Å²) in [4.78, 5) is 38.8. The highest BCUT2D eigenvalue weighted by molar-refractivity contribution is 8.18. The minimum absolute atomic E-state index is 0.00694. The van der Waals surface area contributed by atoms with Crippen molar-refractivity contribution in [2.24, 2.45) is 0 Å². The van der Waals surface area contributed by atoms with Gasteiger partial charge in [-0.15, -0.1) is 11.3 Å². The Bertz CT molecular complexity index is 929. The Morgan fingerprint density at radius 3 is 2.77 bits per heavy atom. The zero-order valence-corrected chi connectivity index (χ0v) is 15.1. The molecule has 1 aliphatic rings. The lowest BCUT2D eigenvalue weighted by atomic mass is 10.2. The van der Waals surface area contributed by atoms with E-state index in [9.17, 15) is 14.4 Å². The number of hydrogen-bond donors (Lipinski definition) is 1. The molecule has 6 nitrogen and oxygen atoms in total. The van der Waals surface area contributed by atoms with Crippen molar-refractivity contribution in [2.75, 3.05) is 11.9 Å². The van der Waals surface area contributed by atoms with Gasteiger partial charge in [-0.05, 0) is 41.4 Å². The second-order valence-electron chi connectivity index (χ2n) is 5.30. The summed E-state index contributed by atoms with van der Waals surface area (Å²) in [5.74, 6) is -0.757. The first-order chi connectivity index (χ1) is 12.6. The summed E-state index contributed by atoms with van der Waals surface area (Å²) in [6.45, 7) is -0.00694. The van der Waals surface area contributed by atoms with Gasteiger partial charge in [-0.3, -0.25) is 19.3 Å². The minimum Gasteiger partial charge on any atom is -0.325 e. The van der Waals surface area contributed by atoms with E-state index < -0.39 is 5.91 Å². The van der Waals surface area contributed by atoms with Crippen LogP contribution >= 0.6 is 23.1 Å². The maximum Gasteiger partial charge on any atom is 0.293 e. The van der Waals surface area contributed by atoms with Crippen LogP contribution in [0, 0.1) is 11.3 Å². The van der Waals surface area contributed by atoms with Gasteiger partial charge in [-0.2, -0.15) is 5.26 Å². The van der Waals surface area contributed by atoms with Gasteiger partial charge in [0.05, 0.1) is 16.2 Å². The molecule has 0 bridgehead atoms. The van der Waals surface area contributed by atoms with Crippen LogP contribution in [0.2, 0.25) is 0 Å². The van der Waals surface area contributed by atoms with E-state index in [-0.39, 0.29) is 24.1 Å². The number of para-hydroxylation sites is 1. The Morgan fingerprint density at radius 1 is 1.23 bits per heavy atom. The molecule has 1 N–H and O–H groups in total. The van der Waals surface area contributed by atoms with Crippen LogP contribution in [0.4, 0.5) is 10.5 Å². The molecular formula is C18H13N3O3S2. The number of anilines is 1. The van der Waals surface area contributed by atoms with E-state index in [0.29, 0.717) is 16.2 Å². The number of nitrogens with zero attached hydrogens (tertiary/aromatic N) is 2. The Labute approximate surface area is 158 Å². The van der Waals surface area contributed by atoms with Crippen molar-refractivity contribution >= 4 is 51.9 Å². The van der Waals surface area contributed by atoms with Gasteiger partial charge in [0.2, 0.25) is 5.91 Å². The maximum atomic E-state index is 12.4. The molecule has 26 heavy (non-hydrogen) atoms. The molecule has 3 rings (SSSR count). The van der Waals surface area contributed by atoms with Crippen LogP contribution in [-0.4, -0.2) is 28.5 Å². The molecule has 0 aliphatic carbocycles. The van der Waals surface area contributed by atoms with Crippen LogP contribution < -0.4 is 5.32 Å². The summed E-state index contributed by atoms with van der Waals surface area (Å²) >= 11 is 2.35. The van der Waals surface area contributed by atoms with Gasteiger partial charge >= 0.3 is 0 Å². The molecule has 1 aliphatic heterocycles. The third kappa shape index (κ3) is 4.02. The van der Waals surface area contributed by atoms with Gasteiger partial charge in [-0.1, -0.05) is 18.2 Å². The van der Waals surface area contributed by atoms with Gasteiger partial charge in [-0.25, -0.2) is 0 Å². The molecular weight excluding hydrogens is 370 g/mol. The monoisotopic (exact) mass is 383 g/mol. The summed E-state index contributed by atoms with van der Waals surface area (Å²) in [5.41, 5.74) is 0.762. The van der Waals surface area contributed by atoms with Crippen molar-refractivity contribution < 1.29 is 14.4 Å². The normalized spacial score (nSPS) is 15.3. The number of imide groups is 1. The molecule has 0 unspecified atom stereocenters. The average molecular weight is 383 g/mol. The second kappa shape index (κ2) is 7.99. The lowest BCUT2D eigenvalue weighted by Crippen LogP contribution is -2.31. The van der Waals surface area contributed by atoms with Gasteiger partial charge in [0.1, 0.15) is 6.07 Å². The SMILES string of the molecule is N#Cc1ccccc1NC(=O)CCN1C(=O)S/C(=C\c2cccs2)C1=O. The molecule has 0 radical (unpaired) electrons. The fraction of sp³-hybridized carbons (Fsp3) is 0.111. The Hall–Kier alpha value is -2.89. The summed E-state index contributed by atoms with van der Waals surface area (Å²) in [5, 5.41) is 13.2. The van der Waals surface area contributed by atoms with Gasteiger partial charge in [0.15, 0.2) is 0 Å². The van der Waals surface area contributed by atoms with Crippen LogP contribution in [0.1, 0.15) is 16.9 Å². The number of amides is 3. The summed E-state index contributed by atoms with van der Waals surface area (Å²) < 4.78 is 0. The number of thioether (sulfide) groups is 1. The molecule has 1 saturated heterocycles. The largest absolute Gasteiger partial charge is 0.325 e. The van der Waals surface area contributed by atoms with Crippen molar-refractivity contribution in [3.8, 4) is 6.07 Å². The molecule has 0 atom stereocenters. The highest BCUT2D eigenvalue weighted by Gasteiger charge is 2.35. The molecule has 8 heteroatoms. The molecule has 1 fully saturated rings. The number of carbonyl (C=O) groups is 3. The minimum atomic E-state index is -0.390. The van der Waals surface area contributed by atoms with Crippen molar-refractivity contribution in [2.45, 2.75) is 6.42 Å². The fourth-order valence-corrected chi connectivity index (χ4v) is 3.90. The summed E-state index contributed by atoms with van der Waals surface area (Å²) in [6, 6.07) is 12.4. The molecule has 0 saturated carbocycles. The molecule has 1 aromatic heterocycles. The molecule has 3 amide bonds. The number of benzene rings is 1. The molecule has 2 heterocycles. The maximum absolute atomic E-state index is 12.4. The number of carbonyl (C=O) groups excluding carboxylic acids is 3. The van der Waals surface area contributed by atoms with Crippen LogP contribution in [-0.2, 0) is 9.59 Å². The first-order valence-electron chi connectivity index (χ1n) is 7.66. The standard InChI is InChI=1S/C18H13N3O3S2/c19-11-12-4-1-2-6-14(12)20-16(22)7-8-21-17(23)15(26-18(21)24)10-13-5-3-9-25-13/h1-6,9-10H,7-8H2,(H,20,22)/b15-10-. The molecule has 2 aromatic rings.